The third-order valence-electron chi connectivity index (χ3n) is 4.61. The van der Waals surface area contributed by atoms with Crippen molar-refractivity contribution < 1.29 is 23.9 Å². The van der Waals surface area contributed by atoms with Gasteiger partial charge in [-0.3, -0.25) is 9.36 Å². The quantitative estimate of drug-likeness (QED) is 0.260. The standard InChI is InChI=1S/C23H25N5O2.CH5O3P/c1-6-18(29)10-17-9-14(2)7-8-19(17)26-22-16(4)13-25-23(28-22)27-20-11-21(30-5)24-12-15(20)3;1-5(2,3)4/h6-9,11-13H,1,10H2,2-5H3,(H2,24,25,26,27,28);1H3,(H2,2,3,4). The van der Waals surface area contributed by atoms with Crippen LogP contribution in [0.1, 0.15) is 22.3 Å². The fourth-order valence-corrected chi connectivity index (χ4v) is 2.88. The molecule has 186 valence electrons. The Morgan fingerprint density at radius 1 is 1.09 bits per heavy atom. The van der Waals surface area contributed by atoms with Crippen molar-refractivity contribution in [3.63, 3.8) is 0 Å². The number of nitrogens with one attached hydrogen (secondary N) is 2. The van der Waals surface area contributed by atoms with E-state index in [1.54, 1.807) is 25.6 Å². The highest BCUT2D eigenvalue weighted by Crippen LogP contribution is 2.27. The van der Waals surface area contributed by atoms with Crippen LogP contribution in [-0.4, -0.2) is 44.3 Å². The Labute approximate surface area is 204 Å². The lowest BCUT2D eigenvalue weighted by molar-refractivity contribution is -0.114. The normalized spacial score (nSPS) is 10.6. The maximum atomic E-state index is 11.9. The van der Waals surface area contributed by atoms with Crippen LogP contribution in [-0.2, 0) is 15.8 Å². The lowest BCUT2D eigenvalue weighted by Gasteiger charge is -2.15. The molecule has 4 N–H and O–H groups in total. The zero-order valence-electron chi connectivity index (χ0n) is 20.4. The van der Waals surface area contributed by atoms with Gasteiger partial charge in [0, 0.05) is 42.8 Å². The van der Waals surface area contributed by atoms with Gasteiger partial charge in [0.2, 0.25) is 11.8 Å². The monoisotopic (exact) mass is 499 g/mol. The predicted octanol–water partition coefficient (Wildman–Crippen LogP) is 4.38. The van der Waals surface area contributed by atoms with E-state index in [1.807, 2.05) is 39.0 Å². The van der Waals surface area contributed by atoms with E-state index in [1.165, 1.54) is 6.08 Å². The number of aryl methyl sites for hydroxylation is 3. The van der Waals surface area contributed by atoms with Gasteiger partial charge in [-0.1, -0.05) is 24.3 Å². The van der Waals surface area contributed by atoms with Gasteiger partial charge in [-0.2, -0.15) is 4.98 Å². The molecular weight excluding hydrogens is 469 g/mol. The minimum absolute atomic E-state index is 0.0347. The first kappa shape index (κ1) is 27.7. The van der Waals surface area contributed by atoms with Crippen LogP contribution in [0.15, 0.2) is 49.3 Å². The summed E-state index contributed by atoms with van der Waals surface area (Å²) in [6, 6.07) is 7.73. The van der Waals surface area contributed by atoms with Crippen molar-refractivity contribution in [3.8, 4) is 5.88 Å². The van der Waals surface area contributed by atoms with Gasteiger partial charge in [-0.15, -0.1) is 0 Å². The maximum absolute atomic E-state index is 11.9. The van der Waals surface area contributed by atoms with Crippen molar-refractivity contribution in [2.45, 2.75) is 27.2 Å². The molecule has 11 heteroatoms. The topological polar surface area (TPSA) is 147 Å². The third kappa shape index (κ3) is 9.29. The number of carbonyl (C=O) groups is 1. The molecule has 0 bridgehead atoms. The first-order chi connectivity index (χ1) is 16.4. The van der Waals surface area contributed by atoms with Crippen LogP contribution in [0.3, 0.4) is 0 Å². The second kappa shape index (κ2) is 12.2. The van der Waals surface area contributed by atoms with E-state index in [0.29, 0.717) is 17.6 Å². The Morgan fingerprint density at radius 3 is 2.37 bits per heavy atom. The van der Waals surface area contributed by atoms with Gasteiger partial charge in [0.05, 0.1) is 12.8 Å². The van der Waals surface area contributed by atoms with E-state index in [4.69, 9.17) is 14.5 Å². The largest absolute Gasteiger partial charge is 0.481 e. The first-order valence-corrected chi connectivity index (χ1v) is 12.6. The van der Waals surface area contributed by atoms with Gasteiger partial charge >= 0.3 is 7.60 Å². The average Bonchev–Trinajstić information content (AvgIpc) is 2.78. The Morgan fingerprint density at radius 2 is 1.74 bits per heavy atom. The van der Waals surface area contributed by atoms with E-state index >= 15 is 0 Å². The third-order valence-corrected chi connectivity index (χ3v) is 4.61. The number of hydrogen-bond donors (Lipinski definition) is 4. The van der Waals surface area contributed by atoms with Crippen LogP contribution in [0.25, 0.3) is 0 Å². The number of ether oxygens (including phenoxy) is 1. The summed E-state index contributed by atoms with van der Waals surface area (Å²) in [6.07, 6.45) is 5.09. The van der Waals surface area contributed by atoms with E-state index in [-0.39, 0.29) is 12.2 Å². The molecule has 1 aromatic carbocycles. The Hall–Kier alpha value is -3.59. The molecule has 10 nitrogen and oxygen atoms in total. The number of nitrogens with zero attached hydrogens (tertiary/aromatic N) is 3. The lowest BCUT2D eigenvalue weighted by Crippen LogP contribution is -2.07. The fourth-order valence-electron chi connectivity index (χ4n) is 2.88. The summed E-state index contributed by atoms with van der Waals surface area (Å²) in [5.74, 6) is 1.56. The number of allylic oxidation sites excluding steroid dienone is 1. The van der Waals surface area contributed by atoms with Crippen molar-refractivity contribution >= 4 is 36.5 Å². The molecule has 3 aromatic rings. The number of pyridine rings is 1. The van der Waals surface area contributed by atoms with Gasteiger partial charge in [0.15, 0.2) is 5.78 Å². The molecule has 0 saturated heterocycles. The summed E-state index contributed by atoms with van der Waals surface area (Å²) in [6.45, 7) is 10.3. The molecule has 0 unspecified atom stereocenters. The van der Waals surface area contributed by atoms with E-state index in [9.17, 15) is 9.36 Å². The molecule has 2 aromatic heterocycles. The van der Waals surface area contributed by atoms with Crippen LogP contribution in [0.4, 0.5) is 23.1 Å². The van der Waals surface area contributed by atoms with Crippen LogP contribution in [0.2, 0.25) is 0 Å². The summed E-state index contributed by atoms with van der Waals surface area (Å²) >= 11 is 0. The Bertz CT molecular complexity index is 1250. The summed E-state index contributed by atoms with van der Waals surface area (Å²) < 4.78 is 14.5. The number of benzene rings is 1. The zero-order chi connectivity index (χ0) is 26.2. The van der Waals surface area contributed by atoms with Crippen LogP contribution in [0.5, 0.6) is 5.88 Å². The van der Waals surface area contributed by atoms with Gasteiger partial charge in [0.25, 0.3) is 0 Å². The summed E-state index contributed by atoms with van der Waals surface area (Å²) in [4.78, 5) is 40.4. The van der Waals surface area contributed by atoms with E-state index in [0.717, 1.165) is 40.3 Å². The van der Waals surface area contributed by atoms with Crippen LogP contribution in [0, 0.1) is 20.8 Å². The molecule has 0 aliphatic heterocycles. The number of aromatic nitrogens is 3. The minimum Gasteiger partial charge on any atom is -0.481 e. The second-order valence-electron chi connectivity index (χ2n) is 7.86. The molecule has 35 heavy (non-hydrogen) atoms. The van der Waals surface area contributed by atoms with Crippen molar-refractivity contribution in [1.82, 2.24) is 15.0 Å². The molecule has 0 aliphatic carbocycles. The van der Waals surface area contributed by atoms with Gasteiger partial charge in [-0.05, 0) is 44.0 Å². The summed E-state index contributed by atoms with van der Waals surface area (Å²) in [7, 11) is -2.07. The van der Waals surface area contributed by atoms with E-state index < -0.39 is 7.60 Å². The number of methoxy groups -OCH3 is 1. The molecule has 3 rings (SSSR count). The molecule has 0 saturated carbocycles. The summed E-state index contributed by atoms with van der Waals surface area (Å²) in [5.41, 5.74) is 5.43. The number of anilines is 4. The summed E-state index contributed by atoms with van der Waals surface area (Å²) in [5, 5.41) is 6.56. The van der Waals surface area contributed by atoms with E-state index in [2.05, 4.69) is 32.2 Å². The molecule has 0 fully saturated rings. The van der Waals surface area contributed by atoms with Gasteiger partial charge < -0.3 is 25.2 Å². The number of hydrogen-bond acceptors (Lipinski definition) is 8. The molecular formula is C24H30N5O5P. The fraction of sp³-hybridized carbons (Fsp3) is 0.250. The number of carbonyl (C=O) groups excluding carboxylic acids is 1. The first-order valence-electron chi connectivity index (χ1n) is 10.6. The SMILES string of the molecule is C=CC(=O)Cc1cc(C)ccc1Nc1nc(Nc2cc(OC)ncc2C)ncc1C.CP(=O)(O)O. The Balaban J connectivity index is 0.000000784. The van der Waals surface area contributed by atoms with Crippen LogP contribution < -0.4 is 15.4 Å². The lowest BCUT2D eigenvalue weighted by atomic mass is 10.0. The van der Waals surface area contributed by atoms with Gasteiger partial charge in [0.1, 0.15) is 5.82 Å². The molecule has 0 radical (unpaired) electrons. The zero-order valence-corrected chi connectivity index (χ0v) is 21.3. The molecule has 0 spiro atoms. The van der Waals surface area contributed by atoms with Gasteiger partial charge in [-0.25, -0.2) is 9.97 Å². The number of ketones is 1. The van der Waals surface area contributed by atoms with Crippen molar-refractivity contribution in [2.24, 2.45) is 0 Å². The minimum atomic E-state index is -3.64. The smallest absolute Gasteiger partial charge is 0.322 e. The Kier molecular flexibility index (Phi) is 9.65. The predicted molar refractivity (Wildman–Crippen MR) is 137 cm³/mol. The number of rotatable bonds is 8. The highest BCUT2D eigenvalue weighted by Gasteiger charge is 2.11. The van der Waals surface area contributed by atoms with Crippen molar-refractivity contribution in [2.75, 3.05) is 24.4 Å². The molecule has 0 atom stereocenters. The highest BCUT2D eigenvalue weighted by molar-refractivity contribution is 7.50. The maximum Gasteiger partial charge on any atom is 0.322 e. The molecule has 0 aliphatic rings. The van der Waals surface area contributed by atoms with Crippen molar-refractivity contribution in [3.05, 3.63) is 71.6 Å². The molecule has 2 heterocycles. The van der Waals surface area contributed by atoms with Crippen LogP contribution >= 0.6 is 7.60 Å². The second-order valence-corrected chi connectivity index (χ2v) is 9.53. The average molecular weight is 500 g/mol. The molecule has 0 amide bonds. The highest BCUT2D eigenvalue weighted by atomic mass is 31.2. The van der Waals surface area contributed by atoms with Crippen molar-refractivity contribution in [1.29, 1.82) is 0 Å².